The summed E-state index contributed by atoms with van der Waals surface area (Å²) in [5.74, 6) is -0.265. The highest BCUT2D eigenvalue weighted by Crippen LogP contribution is 2.19. The van der Waals surface area contributed by atoms with Gasteiger partial charge >= 0.3 is 14.8 Å². The minimum atomic E-state index is -2.36. The van der Waals surface area contributed by atoms with E-state index in [0.29, 0.717) is 12.2 Å². The van der Waals surface area contributed by atoms with Gasteiger partial charge in [0.25, 0.3) is 0 Å². The number of esters is 1. The van der Waals surface area contributed by atoms with E-state index in [1.807, 2.05) is 0 Å². The molecule has 0 atom stereocenters. The van der Waals surface area contributed by atoms with Crippen LogP contribution in [0.25, 0.3) is 0 Å². The Morgan fingerprint density at radius 3 is 1.30 bits per heavy atom. The van der Waals surface area contributed by atoms with Crippen molar-refractivity contribution in [2.75, 3.05) is 27.9 Å². The summed E-state index contributed by atoms with van der Waals surface area (Å²) in [4.78, 5) is 11.2. The minimum Gasteiger partial charge on any atom is -0.462 e. The molecule has 0 radical (unpaired) electrons. The lowest BCUT2D eigenvalue weighted by atomic mass is 10.0. The van der Waals surface area contributed by atoms with Crippen molar-refractivity contribution in [2.24, 2.45) is 0 Å². The van der Waals surface area contributed by atoms with Gasteiger partial charge in [-0.1, -0.05) is 90.0 Å². The molecule has 0 saturated heterocycles. The Labute approximate surface area is 187 Å². The van der Waals surface area contributed by atoms with Crippen LogP contribution in [-0.4, -0.2) is 42.7 Å². The van der Waals surface area contributed by atoms with Crippen LogP contribution < -0.4 is 0 Å². The number of ether oxygens (including phenoxy) is 1. The Bertz CT molecular complexity index is 416. The van der Waals surface area contributed by atoms with Crippen molar-refractivity contribution in [1.29, 1.82) is 0 Å². The van der Waals surface area contributed by atoms with E-state index in [4.69, 9.17) is 18.0 Å². The van der Waals surface area contributed by atoms with Gasteiger partial charge < -0.3 is 18.0 Å². The number of hydrogen-bond donors (Lipinski definition) is 0. The number of carbonyl (C=O) groups is 1. The average molecular weight is 445 g/mol. The SMILES string of the molecule is C=C(C)C(=O)OCCCCCCCCCCCCCCCCC[Si](OC)(OC)OC. The van der Waals surface area contributed by atoms with Crippen LogP contribution in [0.1, 0.15) is 103 Å². The molecule has 0 fully saturated rings. The normalized spacial score (nSPS) is 11.6. The Morgan fingerprint density at radius 1 is 0.633 bits per heavy atom. The van der Waals surface area contributed by atoms with Gasteiger partial charge in [0.2, 0.25) is 0 Å². The van der Waals surface area contributed by atoms with Crippen LogP contribution in [0.3, 0.4) is 0 Å². The largest absolute Gasteiger partial charge is 0.500 e. The van der Waals surface area contributed by atoms with Gasteiger partial charge in [0.15, 0.2) is 0 Å². The molecule has 0 saturated carbocycles. The summed E-state index contributed by atoms with van der Waals surface area (Å²) >= 11 is 0. The molecule has 0 aliphatic heterocycles. The Balaban J connectivity index is 3.25. The van der Waals surface area contributed by atoms with Crippen molar-refractivity contribution < 1.29 is 22.8 Å². The van der Waals surface area contributed by atoms with Gasteiger partial charge in [0.05, 0.1) is 6.61 Å². The first-order valence-electron chi connectivity index (χ1n) is 12.0. The van der Waals surface area contributed by atoms with Crippen molar-refractivity contribution in [3.05, 3.63) is 12.2 Å². The van der Waals surface area contributed by atoms with Gasteiger partial charge in [-0.2, -0.15) is 0 Å². The van der Waals surface area contributed by atoms with E-state index in [9.17, 15) is 4.79 Å². The third-order valence-electron chi connectivity index (χ3n) is 5.64. The quantitative estimate of drug-likeness (QED) is 0.0792. The van der Waals surface area contributed by atoms with E-state index < -0.39 is 8.80 Å². The van der Waals surface area contributed by atoms with Crippen LogP contribution in [0.15, 0.2) is 12.2 Å². The molecule has 0 aliphatic carbocycles. The third-order valence-corrected chi connectivity index (χ3v) is 8.47. The van der Waals surface area contributed by atoms with Crippen LogP contribution in [-0.2, 0) is 22.8 Å². The molecule has 0 bridgehead atoms. The minimum absolute atomic E-state index is 0.265. The van der Waals surface area contributed by atoms with Crippen LogP contribution in [0.4, 0.5) is 0 Å². The zero-order chi connectivity index (χ0) is 22.5. The predicted octanol–water partition coefficient (Wildman–Crippen LogP) is 6.84. The van der Waals surface area contributed by atoms with Gasteiger partial charge in [-0.25, -0.2) is 4.79 Å². The van der Waals surface area contributed by atoms with E-state index in [-0.39, 0.29) is 5.97 Å². The first-order chi connectivity index (χ1) is 14.5. The molecule has 0 unspecified atom stereocenters. The fourth-order valence-electron chi connectivity index (χ4n) is 3.59. The molecule has 0 heterocycles. The van der Waals surface area contributed by atoms with Gasteiger partial charge in [0, 0.05) is 32.9 Å². The fraction of sp³-hybridized carbons (Fsp3) is 0.875. The van der Waals surface area contributed by atoms with Gasteiger partial charge in [-0.05, 0) is 19.8 Å². The number of hydrogen-bond acceptors (Lipinski definition) is 5. The summed E-state index contributed by atoms with van der Waals surface area (Å²) < 4.78 is 21.5. The van der Waals surface area contributed by atoms with Crippen LogP contribution in [0, 0.1) is 0 Å². The summed E-state index contributed by atoms with van der Waals surface area (Å²) in [6, 6.07) is 0.916. The number of unbranched alkanes of at least 4 members (excludes halogenated alkanes) is 14. The molecule has 0 aromatic carbocycles. The number of carbonyl (C=O) groups excluding carboxylic acids is 1. The molecule has 30 heavy (non-hydrogen) atoms. The molecule has 0 N–H and O–H groups in total. The maximum atomic E-state index is 11.2. The first-order valence-corrected chi connectivity index (χ1v) is 13.9. The second-order valence-electron chi connectivity index (χ2n) is 8.26. The fourth-order valence-corrected chi connectivity index (χ4v) is 5.38. The smallest absolute Gasteiger partial charge is 0.462 e. The molecule has 178 valence electrons. The second-order valence-corrected chi connectivity index (χ2v) is 11.4. The molecule has 5 nitrogen and oxygen atoms in total. The third kappa shape index (κ3) is 16.1. The highest BCUT2D eigenvalue weighted by molar-refractivity contribution is 6.60. The highest BCUT2D eigenvalue weighted by Gasteiger charge is 2.36. The van der Waals surface area contributed by atoms with Gasteiger partial charge in [-0.3, -0.25) is 0 Å². The average Bonchev–Trinajstić information content (AvgIpc) is 2.75. The monoisotopic (exact) mass is 444 g/mol. The molecule has 0 rings (SSSR count). The summed E-state index contributed by atoms with van der Waals surface area (Å²) in [5, 5.41) is 0. The summed E-state index contributed by atoms with van der Waals surface area (Å²) in [6.07, 6.45) is 19.2. The van der Waals surface area contributed by atoms with E-state index in [0.717, 1.165) is 25.3 Å². The Hall–Kier alpha value is -0.693. The summed E-state index contributed by atoms with van der Waals surface area (Å²) in [7, 11) is 2.71. The molecule has 0 aromatic rings. The molecular weight excluding hydrogens is 396 g/mol. The van der Waals surface area contributed by atoms with Crippen molar-refractivity contribution >= 4 is 14.8 Å². The molecular formula is C24H48O5Si. The van der Waals surface area contributed by atoms with Gasteiger partial charge in [-0.15, -0.1) is 0 Å². The van der Waals surface area contributed by atoms with Crippen molar-refractivity contribution in [3.63, 3.8) is 0 Å². The molecule has 0 spiro atoms. The first kappa shape index (κ1) is 29.3. The van der Waals surface area contributed by atoms with Crippen molar-refractivity contribution in [3.8, 4) is 0 Å². The lowest BCUT2D eigenvalue weighted by Gasteiger charge is -2.24. The lowest BCUT2D eigenvalue weighted by molar-refractivity contribution is -0.139. The standard InChI is InChI=1S/C24H48O5Si/c1-23(2)24(25)29-21-19-17-15-13-11-9-7-6-8-10-12-14-16-18-20-22-30(26-3,27-4)28-5/h1,6-22H2,2-5H3. The lowest BCUT2D eigenvalue weighted by Crippen LogP contribution is -2.42. The maximum absolute atomic E-state index is 11.2. The van der Waals surface area contributed by atoms with Gasteiger partial charge in [0.1, 0.15) is 0 Å². The topological polar surface area (TPSA) is 54.0 Å². The molecule has 0 aromatic heterocycles. The zero-order valence-corrected chi connectivity index (χ0v) is 21.3. The second kappa shape index (κ2) is 20.2. The van der Waals surface area contributed by atoms with Crippen LogP contribution in [0.2, 0.25) is 6.04 Å². The Kier molecular flexibility index (Phi) is 19.8. The van der Waals surface area contributed by atoms with E-state index in [1.54, 1.807) is 28.3 Å². The maximum Gasteiger partial charge on any atom is 0.500 e. The predicted molar refractivity (Wildman–Crippen MR) is 127 cm³/mol. The number of rotatable bonds is 22. The van der Waals surface area contributed by atoms with Crippen molar-refractivity contribution in [1.82, 2.24) is 0 Å². The highest BCUT2D eigenvalue weighted by atomic mass is 28.4. The molecule has 6 heteroatoms. The molecule has 0 aliphatic rings. The van der Waals surface area contributed by atoms with E-state index >= 15 is 0 Å². The van der Waals surface area contributed by atoms with Crippen LogP contribution >= 0.6 is 0 Å². The zero-order valence-electron chi connectivity index (χ0n) is 20.3. The van der Waals surface area contributed by atoms with E-state index in [2.05, 4.69) is 6.58 Å². The van der Waals surface area contributed by atoms with Crippen molar-refractivity contribution in [2.45, 2.75) is 109 Å². The molecule has 0 amide bonds. The summed E-state index contributed by atoms with van der Waals surface area (Å²) in [6.45, 7) is 5.79. The van der Waals surface area contributed by atoms with Crippen LogP contribution in [0.5, 0.6) is 0 Å². The van der Waals surface area contributed by atoms with E-state index in [1.165, 1.54) is 77.0 Å². The Morgan fingerprint density at radius 2 is 0.967 bits per heavy atom. The summed E-state index contributed by atoms with van der Waals surface area (Å²) in [5.41, 5.74) is 0.482.